The molecule has 0 saturated heterocycles. The van der Waals surface area contributed by atoms with Crippen molar-refractivity contribution in [2.24, 2.45) is 5.73 Å². The third-order valence-corrected chi connectivity index (χ3v) is 1.87. The van der Waals surface area contributed by atoms with Crippen LogP contribution in [0.2, 0.25) is 0 Å². The molecule has 3 heteroatoms. The standard InChI is InChI=1S/C8H13N3/c9-7-3-1-2-6(4-5-7)8(10)11/h4,9H,1-3,5H2,(H3,10,11). The van der Waals surface area contributed by atoms with Gasteiger partial charge in [-0.05, 0) is 24.8 Å². The Bertz CT molecular complexity index is 215. The number of allylic oxidation sites excluding steroid dienone is 1. The lowest BCUT2D eigenvalue weighted by Gasteiger charge is -1.99. The Morgan fingerprint density at radius 1 is 1.45 bits per heavy atom. The van der Waals surface area contributed by atoms with E-state index >= 15 is 0 Å². The minimum atomic E-state index is 0.166. The van der Waals surface area contributed by atoms with Gasteiger partial charge in [0, 0.05) is 12.1 Å². The summed E-state index contributed by atoms with van der Waals surface area (Å²) in [6.45, 7) is 0. The summed E-state index contributed by atoms with van der Waals surface area (Å²) in [6.07, 6.45) is 5.25. The third kappa shape index (κ3) is 2.18. The van der Waals surface area contributed by atoms with E-state index in [1.165, 1.54) is 0 Å². The van der Waals surface area contributed by atoms with Crippen molar-refractivity contribution in [1.29, 1.82) is 10.8 Å². The molecule has 0 saturated carbocycles. The highest BCUT2D eigenvalue weighted by molar-refractivity contribution is 5.96. The number of nitrogens with one attached hydrogen (secondary N) is 2. The fraction of sp³-hybridized carbons (Fsp3) is 0.500. The topological polar surface area (TPSA) is 73.7 Å². The second-order valence-electron chi connectivity index (χ2n) is 2.80. The molecule has 0 aromatic carbocycles. The highest BCUT2D eigenvalue weighted by Gasteiger charge is 2.07. The van der Waals surface area contributed by atoms with Crippen LogP contribution in [0.4, 0.5) is 0 Å². The van der Waals surface area contributed by atoms with Crippen LogP contribution in [0.5, 0.6) is 0 Å². The van der Waals surface area contributed by atoms with Crippen LogP contribution in [0, 0.1) is 10.8 Å². The average Bonchev–Trinajstić information content (AvgIpc) is 2.13. The molecule has 0 aromatic heterocycles. The van der Waals surface area contributed by atoms with Crippen molar-refractivity contribution in [2.45, 2.75) is 25.7 Å². The lowest BCUT2D eigenvalue weighted by molar-refractivity contribution is 0.878. The Morgan fingerprint density at radius 2 is 2.18 bits per heavy atom. The zero-order valence-electron chi connectivity index (χ0n) is 6.48. The maximum atomic E-state index is 7.40. The number of hydrogen-bond acceptors (Lipinski definition) is 2. The first-order valence-corrected chi connectivity index (χ1v) is 3.80. The summed E-state index contributed by atoms with van der Waals surface area (Å²) in [5.74, 6) is 0.166. The van der Waals surface area contributed by atoms with Gasteiger partial charge in [0.25, 0.3) is 0 Å². The molecule has 4 N–H and O–H groups in total. The van der Waals surface area contributed by atoms with E-state index in [1.54, 1.807) is 0 Å². The molecule has 11 heavy (non-hydrogen) atoms. The first kappa shape index (κ1) is 7.98. The number of rotatable bonds is 1. The minimum absolute atomic E-state index is 0.166. The lowest BCUT2D eigenvalue weighted by atomic mass is 10.1. The molecule has 0 aromatic rings. The normalized spacial score (nSPS) is 18.9. The van der Waals surface area contributed by atoms with Gasteiger partial charge in [-0.1, -0.05) is 6.08 Å². The predicted molar refractivity (Wildman–Crippen MR) is 46.2 cm³/mol. The summed E-state index contributed by atoms with van der Waals surface area (Å²) >= 11 is 0. The van der Waals surface area contributed by atoms with E-state index < -0.39 is 0 Å². The van der Waals surface area contributed by atoms with Crippen LogP contribution in [-0.4, -0.2) is 11.5 Å². The molecule has 0 unspecified atom stereocenters. The molecule has 0 spiro atoms. The molecule has 0 heterocycles. The molecule has 0 bridgehead atoms. The predicted octanol–water partition coefficient (Wildman–Crippen LogP) is 1.44. The molecule has 0 radical (unpaired) electrons. The quantitative estimate of drug-likeness (QED) is 0.385. The van der Waals surface area contributed by atoms with Crippen molar-refractivity contribution >= 4 is 11.5 Å². The number of hydrogen-bond donors (Lipinski definition) is 3. The van der Waals surface area contributed by atoms with Crippen LogP contribution in [0.1, 0.15) is 25.7 Å². The molecule has 1 rings (SSSR count). The van der Waals surface area contributed by atoms with Crippen molar-refractivity contribution in [1.82, 2.24) is 0 Å². The van der Waals surface area contributed by atoms with Crippen LogP contribution in [0.25, 0.3) is 0 Å². The van der Waals surface area contributed by atoms with Gasteiger partial charge in [-0.25, -0.2) is 0 Å². The Kier molecular flexibility index (Phi) is 2.41. The van der Waals surface area contributed by atoms with Gasteiger partial charge < -0.3 is 11.1 Å². The largest absolute Gasteiger partial charge is 0.384 e. The smallest absolute Gasteiger partial charge is 0.118 e. The molecule has 1 aliphatic carbocycles. The lowest BCUT2D eigenvalue weighted by Crippen LogP contribution is -2.12. The van der Waals surface area contributed by atoms with Gasteiger partial charge in [0.15, 0.2) is 0 Å². The van der Waals surface area contributed by atoms with E-state index in [0.29, 0.717) is 6.42 Å². The van der Waals surface area contributed by atoms with Gasteiger partial charge >= 0.3 is 0 Å². The summed E-state index contributed by atoms with van der Waals surface area (Å²) in [5, 5.41) is 14.6. The van der Waals surface area contributed by atoms with Gasteiger partial charge in [0.2, 0.25) is 0 Å². The summed E-state index contributed by atoms with van der Waals surface area (Å²) in [7, 11) is 0. The van der Waals surface area contributed by atoms with E-state index in [9.17, 15) is 0 Å². The maximum Gasteiger partial charge on any atom is 0.118 e. The fourth-order valence-electron chi connectivity index (χ4n) is 1.19. The highest BCUT2D eigenvalue weighted by Crippen LogP contribution is 2.14. The molecule has 0 aliphatic heterocycles. The minimum Gasteiger partial charge on any atom is -0.384 e. The SMILES string of the molecule is N=C1CC=C(C(=N)N)CCC1. The number of nitrogens with two attached hydrogens (primary N) is 1. The van der Waals surface area contributed by atoms with Crippen molar-refractivity contribution < 1.29 is 0 Å². The van der Waals surface area contributed by atoms with E-state index in [4.69, 9.17) is 16.6 Å². The summed E-state index contributed by atoms with van der Waals surface area (Å²) in [6, 6.07) is 0. The number of amidine groups is 1. The Labute approximate surface area is 66.3 Å². The Balaban J connectivity index is 2.66. The van der Waals surface area contributed by atoms with Crippen LogP contribution >= 0.6 is 0 Å². The zero-order valence-corrected chi connectivity index (χ0v) is 6.48. The fourth-order valence-corrected chi connectivity index (χ4v) is 1.19. The molecule has 1 aliphatic rings. The van der Waals surface area contributed by atoms with Crippen molar-refractivity contribution in [3.63, 3.8) is 0 Å². The molecular weight excluding hydrogens is 138 g/mol. The van der Waals surface area contributed by atoms with E-state index in [0.717, 1.165) is 30.5 Å². The van der Waals surface area contributed by atoms with Crippen LogP contribution < -0.4 is 5.73 Å². The maximum absolute atomic E-state index is 7.40. The van der Waals surface area contributed by atoms with E-state index in [2.05, 4.69) is 0 Å². The summed E-state index contributed by atoms with van der Waals surface area (Å²) in [4.78, 5) is 0. The van der Waals surface area contributed by atoms with Gasteiger partial charge in [-0.2, -0.15) is 0 Å². The molecule has 60 valence electrons. The highest BCUT2D eigenvalue weighted by atomic mass is 14.7. The second kappa shape index (κ2) is 3.32. The van der Waals surface area contributed by atoms with Crippen molar-refractivity contribution in [2.75, 3.05) is 0 Å². The molecule has 0 fully saturated rings. The van der Waals surface area contributed by atoms with Crippen molar-refractivity contribution in [3.8, 4) is 0 Å². The van der Waals surface area contributed by atoms with Gasteiger partial charge in [0.05, 0.1) is 0 Å². The average molecular weight is 151 g/mol. The van der Waals surface area contributed by atoms with Gasteiger partial charge in [-0.15, -0.1) is 0 Å². The Hall–Kier alpha value is -1.12. The zero-order chi connectivity index (χ0) is 8.27. The van der Waals surface area contributed by atoms with E-state index in [-0.39, 0.29) is 5.84 Å². The molecule has 0 amide bonds. The van der Waals surface area contributed by atoms with Crippen LogP contribution in [0.3, 0.4) is 0 Å². The first-order chi connectivity index (χ1) is 5.20. The molecule has 0 atom stereocenters. The first-order valence-electron chi connectivity index (χ1n) is 3.80. The van der Waals surface area contributed by atoms with Crippen LogP contribution in [-0.2, 0) is 0 Å². The van der Waals surface area contributed by atoms with E-state index in [1.807, 2.05) is 6.08 Å². The second-order valence-corrected chi connectivity index (χ2v) is 2.80. The molecule has 3 nitrogen and oxygen atoms in total. The van der Waals surface area contributed by atoms with Crippen LogP contribution in [0.15, 0.2) is 11.6 Å². The summed E-state index contributed by atoms with van der Waals surface area (Å²) < 4.78 is 0. The third-order valence-electron chi connectivity index (χ3n) is 1.87. The monoisotopic (exact) mass is 151 g/mol. The van der Waals surface area contributed by atoms with Gasteiger partial charge in [-0.3, -0.25) is 5.41 Å². The van der Waals surface area contributed by atoms with Gasteiger partial charge in [0.1, 0.15) is 5.84 Å². The summed E-state index contributed by atoms with van der Waals surface area (Å²) in [5.41, 5.74) is 6.99. The Morgan fingerprint density at radius 3 is 2.82 bits per heavy atom. The van der Waals surface area contributed by atoms with Crippen molar-refractivity contribution in [3.05, 3.63) is 11.6 Å². The molecular formula is C8H13N3.